The summed E-state index contributed by atoms with van der Waals surface area (Å²) < 4.78 is 0. The van der Waals surface area contributed by atoms with Crippen LogP contribution >= 0.6 is 11.8 Å². The van der Waals surface area contributed by atoms with E-state index >= 15 is 0 Å². The third-order valence-corrected chi connectivity index (χ3v) is 2.58. The highest BCUT2D eigenvalue weighted by Crippen LogP contribution is 2.16. The summed E-state index contributed by atoms with van der Waals surface area (Å²) >= 11 is 1.72. The van der Waals surface area contributed by atoms with Crippen molar-refractivity contribution in [3.05, 3.63) is 36.5 Å². The molecule has 1 aromatic heterocycles. The van der Waals surface area contributed by atoms with Gasteiger partial charge >= 0.3 is 0 Å². The van der Waals surface area contributed by atoms with Crippen molar-refractivity contribution in [1.29, 1.82) is 0 Å². The minimum atomic E-state index is 0.875. The van der Waals surface area contributed by atoms with E-state index in [0.29, 0.717) is 0 Å². The minimum absolute atomic E-state index is 0.875. The van der Waals surface area contributed by atoms with Gasteiger partial charge in [-0.05, 0) is 19.2 Å². The Morgan fingerprint density at radius 2 is 2.46 bits per heavy atom. The predicted molar refractivity (Wildman–Crippen MR) is 58.0 cm³/mol. The minimum Gasteiger partial charge on any atom is -0.316 e. The first-order chi connectivity index (χ1) is 6.33. The molecule has 1 rings (SSSR count). The molecule has 1 aromatic rings. The number of aromatic nitrogens is 1. The van der Waals surface area contributed by atoms with Crippen molar-refractivity contribution in [2.24, 2.45) is 0 Å². The van der Waals surface area contributed by atoms with Gasteiger partial charge in [-0.1, -0.05) is 18.2 Å². The number of hydrogen-bond donors (Lipinski definition) is 1. The lowest BCUT2D eigenvalue weighted by Gasteiger charge is -2.03. The summed E-state index contributed by atoms with van der Waals surface area (Å²) in [4.78, 5) is 4.21. The van der Waals surface area contributed by atoms with Crippen molar-refractivity contribution >= 4 is 11.8 Å². The van der Waals surface area contributed by atoms with Gasteiger partial charge in [-0.3, -0.25) is 0 Å². The molecule has 0 atom stereocenters. The molecule has 0 aliphatic rings. The van der Waals surface area contributed by atoms with Crippen molar-refractivity contribution in [1.82, 2.24) is 10.3 Å². The maximum Gasteiger partial charge on any atom is 0.0962 e. The molecule has 1 heterocycles. The predicted octanol–water partition coefficient (Wildman–Crippen LogP) is 1.95. The topological polar surface area (TPSA) is 24.9 Å². The van der Waals surface area contributed by atoms with Crippen LogP contribution in [0.1, 0.15) is 0 Å². The fourth-order valence-corrected chi connectivity index (χ4v) is 1.67. The van der Waals surface area contributed by atoms with Gasteiger partial charge in [-0.15, -0.1) is 11.8 Å². The first-order valence-electron chi connectivity index (χ1n) is 4.18. The normalized spacial score (nSPS) is 9.92. The second-order valence-corrected chi connectivity index (χ2v) is 3.73. The molecule has 0 radical (unpaired) electrons. The highest BCUT2D eigenvalue weighted by atomic mass is 32.2. The second kappa shape index (κ2) is 5.78. The van der Waals surface area contributed by atoms with Crippen LogP contribution in [0, 0.1) is 0 Å². The molecule has 0 aliphatic heterocycles. The lowest BCUT2D eigenvalue weighted by Crippen LogP contribution is -2.10. The molecule has 0 aliphatic carbocycles. The molecule has 0 amide bonds. The standard InChI is InChI=1S/C10H14N2S/c1-9(7-11-2)8-13-10-5-3-4-6-12-10/h3-6,11H,1,7-8H2,2H3. The molecule has 0 bridgehead atoms. The van der Waals surface area contributed by atoms with Gasteiger partial charge in [0.2, 0.25) is 0 Å². The van der Waals surface area contributed by atoms with Crippen LogP contribution in [0.15, 0.2) is 41.6 Å². The fourth-order valence-electron chi connectivity index (χ4n) is 0.910. The SMILES string of the molecule is C=C(CNC)CSc1ccccn1. The summed E-state index contributed by atoms with van der Waals surface area (Å²) in [6, 6.07) is 5.93. The monoisotopic (exact) mass is 194 g/mol. The van der Waals surface area contributed by atoms with Gasteiger partial charge in [0.05, 0.1) is 5.03 Å². The highest BCUT2D eigenvalue weighted by molar-refractivity contribution is 7.99. The van der Waals surface area contributed by atoms with Crippen molar-refractivity contribution in [3.8, 4) is 0 Å². The Hall–Kier alpha value is -0.800. The molecule has 70 valence electrons. The van der Waals surface area contributed by atoms with Gasteiger partial charge in [-0.25, -0.2) is 4.98 Å². The number of nitrogens with zero attached hydrogens (tertiary/aromatic N) is 1. The maximum absolute atomic E-state index is 4.21. The molecule has 13 heavy (non-hydrogen) atoms. The number of thioether (sulfide) groups is 1. The molecular formula is C10H14N2S. The Balaban J connectivity index is 2.31. The highest BCUT2D eigenvalue weighted by Gasteiger charge is 1.96. The van der Waals surface area contributed by atoms with Crippen LogP contribution in [-0.2, 0) is 0 Å². The fraction of sp³-hybridized carbons (Fsp3) is 0.300. The molecule has 0 aromatic carbocycles. The van der Waals surface area contributed by atoms with Crippen LogP contribution in [-0.4, -0.2) is 24.3 Å². The summed E-state index contributed by atoms with van der Waals surface area (Å²) in [5.74, 6) is 0.928. The van der Waals surface area contributed by atoms with Gasteiger partial charge in [0, 0.05) is 18.5 Å². The molecule has 0 fully saturated rings. The van der Waals surface area contributed by atoms with Crippen LogP contribution < -0.4 is 5.32 Å². The lowest BCUT2D eigenvalue weighted by atomic mass is 10.3. The van der Waals surface area contributed by atoms with Crippen molar-refractivity contribution < 1.29 is 0 Å². The summed E-state index contributed by atoms with van der Waals surface area (Å²) in [5.41, 5.74) is 1.19. The van der Waals surface area contributed by atoms with E-state index in [2.05, 4.69) is 16.9 Å². The Morgan fingerprint density at radius 1 is 1.62 bits per heavy atom. The maximum atomic E-state index is 4.21. The molecule has 3 heteroatoms. The Bertz CT molecular complexity index is 259. The molecule has 0 saturated carbocycles. The van der Waals surface area contributed by atoms with Gasteiger partial charge in [0.25, 0.3) is 0 Å². The zero-order valence-corrected chi connectivity index (χ0v) is 8.60. The quantitative estimate of drug-likeness (QED) is 0.573. The molecule has 2 nitrogen and oxygen atoms in total. The van der Waals surface area contributed by atoms with Crippen LogP contribution in [0.2, 0.25) is 0 Å². The van der Waals surface area contributed by atoms with E-state index in [1.807, 2.05) is 31.4 Å². The number of pyridine rings is 1. The van der Waals surface area contributed by atoms with E-state index in [9.17, 15) is 0 Å². The smallest absolute Gasteiger partial charge is 0.0962 e. The summed E-state index contributed by atoms with van der Waals surface area (Å²) in [6.45, 7) is 4.82. The Kier molecular flexibility index (Phi) is 4.57. The van der Waals surface area contributed by atoms with Crippen molar-refractivity contribution in [2.75, 3.05) is 19.3 Å². The zero-order chi connectivity index (χ0) is 9.52. The van der Waals surface area contributed by atoms with Crippen LogP contribution in [0.4, 0.5) is 0 Å². The van der Waals surface area contributed by atoms with Gasteiger partial charge in [0.15, 0.2) is 0 Å². The van der Waals surface area contributed by atoms with E-state index in [4.69, 9.17) is 0 Å². The average molecular weight is 194 g/mol. The van der Waals surface area contributed by atoms with Crippen molar-refractivity contribution in [2.45, 2.75) is 5.03 Å². The van der Waals surface area contributed by atoms with Crippen LogP contribution in [0.3, 0.4) is 0 Å². The lowest BCUT2D eigenvalue weighted by molar-refractivity contribution is 0.885. The second-order valence-electron chi connectivity index (χ2n) is 2.74. The molecule has 1 N–H and O–H groups in total. The first-order valence-corrected chi connectivity index (χ1v) is 5.16. The first kappa shape index (κ1) is 10.3. The Morgan fingerprint density at radius 3 is 3.08 bits per heavy atom. The van der Waals surface area contributed by atoms with Crippen molar-refractivity contribution in [3.63, 3.8) is 0 Å². The van der Waals surface area contributed by atoms with E-state index in [-0.39, 0.29) is 0 Å². The van der Waals surface area contributed by atoms with E-state index in [1.54, 1.807) is 11.8 Å². The molecular weight excluding hydrogens is 180 g/mol. The van der Waals surface area contributed by atoms with Gasteiger partial charge in [-0.2, -0.15) is 0 Å². The average Bonchev–Trinajstić information content (AvgIpc) is 2.17. The number of likely N-dealkylation sites (N-methyl/N-ethyl adjacent to an activating group) is 1. The Labute approximate surface area is 83.5 Å². The number of hydrogen-bond acceptors (Lipinski definition) is 3. The van der Waals surface area contributed by atoms with E-state index < -0.39 is 0 Å². The van der Waals surface area contributed by atoms with E-state index in [1.165, 1.54) is 5.57 Å². The zero-order valence-electron chi connectivity index (χ0n) is 7.79. The van der Waals surface area contributed by atoms with Gasteiger partial charge < -0.3 is 5.32 Å². The summed E-state index contributed by atoms with van der Waals surface area (Å²) in [6.07, 6.45) is 1.81. The molecule has 0 spiro atoms. The number of rotatable bonds is 5. The molecule has 0 unspecified atom stereocenters. The summed E-state index contributed by atoms with van der Waals surface area (Å²) in [5, 5.41) is 4.13. The third-order valence-electron chi connectivity index (χ3n) is 1.49. The van der Waals surface area contributed by atoms with E-state index in [0.717, 1.165) is 17.3 Å². The van der Waals surface area contributed by atoms with Crippen LogP contribution in [0.5, 0.6) is 0 Å². The largest absolute Gasteiger partial charge is 0.316 e. The molecule has 0 saturated heterocycles. The van der Waals surface area contributed by atoms with Gasteiger partial charge in [0.1, 0.15) is 0 Å². The third kappa shape index (κ3) is 4.10. The van der Waals surface area contributed by atoms with Crippen LogP contribution in [0.25, 0.3) is 0 Å². The summed E-state index contributed by atoms with van der Waals surface area (Å²) in [7, 11) is 1.93. The number of nitrogens with one attached hydrogen (secondary N) is 1.